The molecule has 0 radical (unpaired) electrons. The van der Waals surface area contributed by atoms with Crippen LogP contribution in [0.5, 0.6) is 0 Å². The van der Waals surface area contributed by atoms with Gasteiger partial charge in [-0.2, -0.15) is 0 Å². The van der Waals surface area contributed by atoms with Crippen molar-refractivity contribution in [2.45, 2.75) is 51.0 Å². The van der Waals surface area contributed by atoms with E-state index >= 15 is 0 Å². The predicted molar refractivity (Wildman–Crippen MR) is 82.8 cm³/mol. The maximum Gasteiger partial charge on any atom is 0.407 e. The standard InChI is InChI=1S/C15H27NO4Si/c1-19-14(17)12-10-6-5-7-11(10)13(12)16-15(18)20-8-9-21(2,3)4/h10-13H,5-9H2,1-4H3,(H,16,18)/t10-,11+,12+,13-/m0/s1. The summed E-state index contributed by atoms with van der Waals surface area (Å²) in [4.78, 5) is 23.8. The topological polar surface area (TPSA) is 64.6 Å². The fourth-order valence-electron chi connectivity index (χ4n) is 3.58. The Morgan fingerprint density at radius 1 is 1.19 bits per heavy atom. The van der Waals surface area contributed by atoms with Gasteiger partial charge in [0.05, 0.1) is 19.6 Å². The smallest absolute Gasteiger partial charge is 0.407 e. The number of amides is 1. The molecule has 4 atom stereocenters. The minimum absolute atomic E-state index is 0.107. The Morgan fingerprint density at radius 2 is 1.86 bits per heavy atom. The second-order valence-corrected chi connectivity index (χ2v) is 13.0. The highest BCUT2D eigenvalue weighted by Crippen LogP contribution is 2.51. The van der Waals surface area contributed by atoms with Gasteiger partial charge in [0.2, 0.25) is 0 Å². The van der Waals surface area contributed by atoms with Gasteiger partial charge in [-0.3, -0.25) is 4.79 Å². The zero-order valence-electron chi connectivity index (χ0n) is 13.5. The van der Waals surface area contributed by atoms with Crippen molar-refractivity contribution in [3.05, 3.63) is 0 Å². The molecule has 0 aromatic heterocycles. The fourth-order valence-corrected chi connectivity index (χ4v) is 4.29. The Labute approximate surface area is 127 Å². The number of rotatable bonds is 5. The molecule has 0 bridgehead atoms. The zero-order chi connectivity index (χ0) is 15.6. The molecular weight excluding hydrogens is 286 g/mol. The number of carbonyl (C=O) groups excluding carboxylic acids is 2. The number of hydrogen-bond donors (Lipinski definition) is 1. The van der Waals surface area contributed by atoms with Gasteiger partial charge in [0.1, 0.15) is 0 Å². The van der Waals surface area contributed by atoms with Gasteiger partial charge in [0.25, 0.3) is 0 Å². The number of fused-ring (bicyclic) bond motifs is 1. The van der Waals surface area contributed by atoms with Gasteiger partial charge in [-0.25, -0.2) is 4.79 Å². The van der Waals surface area contributed by atoms with Crippen molar-refractivity contribution in [1.29, 1.82) is 0 Å². The minimum atomic E-state index is -1.20. The summed E-state index contributed by atoms with van der Waals surface area (Å²) in [6, 6.07) is 0.849. The lowest BCUT2D eigenvalue weighted by Crippen LogP contribution is -2.61. The summed E-state index contributed by atoms with van der Waals surface area (Å²) < 4.78 is 10.1. The molecule has 2 rings (SSSR count). The van der Waals surface area contributed by atoms with Gasteiger partial charge in [-0.15, -0.1) is 0 Å². The Balaban J connectivity index is 1.83. The second-order valence-electron chi connectivity index (χ2n) is 7.42. The molecular formula is C15H27NO4Si. The van der Waals surface area contributed by atoms with Crippen LogP contribution in [0, 0.1) is 17.8 Å². The van der Waals surface area contributed by atoms with Crippen LogP contribution in [-0.4, -0.2) is 39.9 Å². The molecule has 0 aromatic carbocycles. The summed E-state index contributed by atoms with van der Waals surface area (Å²) in [6.07, 6.45) is 2.88. The van der Waals surface area contributed by atoms with Crippen molar-refractivity contribution in [2.24, 2.45) is 17.8 Å². The molecule has 2 saturated carbocycles. The average molecular weight is 313 g/mol. The molecule has 2 fully saturated rings. The number of carbonyl (C=O) groups is 2. The molecule has 0 spiro atoms. The normalized spacial score (nSPS) is 31.0. The van der Waals surface area contributed by atoms with E-state index in [-0.39, 0.29) is 17.9 Å². The van der Waals surface area contributed by atoms with E-state index in [1.165, 1.54) is 7.11 Å². The molecule has 5 nitrogen and oxygen atoms in total. The van der Waals surface area contributed by atoms with Crippen LogP contribution in [-0.2, 0) is 14.3 Å². The molecule has 0 aromatic rings. The average Bonchev–Trinajstić information content (AvgIpc) is 2.78. The number of methoxy groups -OCH3 is 1. The molecule has 6 heteroatoms. The third kappa shape index (κ3) is 3.78. The number of ether oxygens (including phenoxy) is 2. The Bertz CT molecular complexity index is 407. The lowest BCUT2D eigenvalue weighted by molar-refractivity contribution is -0.156. The van der Waals surface area contributed by atoms with E-state index in [9.17, 15) is 9.59 Å². The summed E-state index contributed by atoms with van der Waals surface area (Å²) in [5, 5.41) is 2.89. The van der Waals surface area contributed by atoms with Gasteiger partial charge < -0.3 is 14.8 Å². The summed E-state index contributed by atoms with van der Waals surface area (Å²) in [7, 11) is 0.215. The maximum absolute atomic E-state index is 11.9. The minimum Gasteiger partial charge on any atom is -0.469 e. The Kier molecular flexibility index (Phi) is 4.96. The first-order valence-electron chi connectivity index (χ1n) is 7.84. The first-order valence-corrected chi connectivity index (χ1v) is 11.6. The van der Waals surface area contributed by atoms with Crippen molar-refractivity contribution in [3.8, 4) is 0 Å². The van der Waals surface area contributed by atoms with Gasteiger partial charge in [0.15, 0.2) is 0 Å². The molecule has 0 heterocycles. The van der Waals surface area contributed by atoms with Crippen molar-refractivity contribution in [3.63, 3.8) is 0 Å². The molecule has 1 amide bonds. The fraction of sp³-hybridized carbons (Fsp3) is 0.867. The highest BCUT2D eigenvalue weighted by atomic mass is 28.3. The molecule has 120 valence electrons. The molecule has 0 unspecified atom stereocenters. The maximum atomic E-state index is 11.9. The van der Waals surface area contributed by atoms with Crippen LogP contribution < -0.4 is 5.32 Å². The first kappa shape index (κ1) is 16.3. The van der Waals surface area contributed by atoms with Crippen LogP contribution in [0.15, 0.2) is 0 Å². The van der Waals surface area contributed by atoms with Crippen molar-refractivity contribution < 1.29 is 19.1 Å². The van der Waals surface area contributed by atoms with Gasteiger partial charge >= 0.3 is 12.1 Å². The summed E-state index contributed by atoms with van der Waals surface area (Å²) >= 11 is 0. The van der Waals surface area contributed by atoms with E-state index < -0.39 is 14.2 Å². The summed E-state index contributed by atoms with van der Waals surface area (Å²) in [6.45, 7) is 7.20. The summed E-state index contributed by atoms with van der Waals surface area (Å²) in [5.74, 6) is 0.404. The number of alkyl carbamates (subject to hydrolysis) is 1. The molecule has 2 aliphatic rings. The van der Waals surface area contributed by atoms with Gasteiger partial charge in [-0.1, -0.05) is 26.1 Å². The quantitative estimate of drug-likeness (QED) is 0.626. The Hall–Kier alpha value is -1.04. The van der Waals surface area contributed by atoms with Crippen LogP contribution >= 0.6 is 0 Å². The second kappa shape index (κ2) is 6.38. The largest absolute Gasteiger partial charge is 0.469 e. The molecule has 21 heavy (non-hydrogen) atoms. The number of esters is 1. The van der Waals surface area contributed by atoms with Crippen LogP contribution in [0.2, 0.25) is 25.7 Å². The third-order valence-corrected chi connectivity index (χ3v) is 6.48. The zero-order valence-corrected chi connectivity index (χ0v) is 14.5. The first-order chi connectivity index (χ1) is 9.83. The molecule has 0 aliphatic heterocycles. The monoisotopic (exact) mass is 313 g/mol. The van der Waals surface area contributed by atoms with Crippen LogP contribution in [0.3, 0.4) is 0 Å². The van der Waals surface area contributed by atoms with Gasteiger partial charge in [0, 0.05) is 14.1 Å². The van der Waals surface area contributed by atoms with E-state index in [2.05, 4.69) is 25.0 Å². The predicted octanol–water partition coefficient (Wildman–Crippen LogP) is 2.64. The van der Waals surface area contributed by atoms with Gasteiger partial charge in [-0.05, 0) is 30.7 Å². The van der Waals surface area contributed by atoms with Crippen LogP contribution in [0.25, 0.3) is 0 Å². The van der Waals surface area contributed by atoms with E-state index in [0.29, 0.717) is 18.4 Å². The highest BCUT2D eigenvalue weighted by molar-refractivity contribution is 6.76. The summed E-state index contributed by atoms with van der Waals surface area (Å²) in [5.41, 5.74) is 0. The highest BCUT2D eigenvalue weighted by Gasteiger charge is 2.56. The lowest BCUT2D eigenvalue weighted by Gasteiger charge is -2.47. The number of nitrogens with one attached hydrogen (secondary N) is 1. The number of hydrogen-bond acceptors (Lipinski definition) is 4. The lowest BCUT2D eigenvalue weighted by atomic mass is 9.62. The van der Waals surface area contributed by atoms with Crippen molar-refractivity contribution in [1.82, 2.24) is 5.32 Å². The SMILES string of the molecule is COC(=O)[C@@H]1[C@H]2CCC[C@H]2[C@@H]1NC(=O)OCC[Si](C)(C)C. The van der Waals surface area contributed by atoms with E-state index in [1.807, 2.05) is 0 Å². The van der Waals surface area contributed by atoms with Crippen LogP contribution in [0.4, 0.5) is 4.79 Å². The molecule has 0 saturated heterocycles. The van der Waals surface area contributed by atoms with Crippen molar-refractivity contribution in [2.75, 3.05) is 13.7 Å². The van der Waals surface area contributed by atoms with Crippen molar-refractivity contribution >= 4 is 20.1 Å². The van der Waals surface area contributed by atoms with E-state index in [1.54, 1.807) is 0 Å². The third-order valence-electron chi connectivity index (χ3n) is 4.78. The molecule has 2 aliphatic carbocycles. The van der Waals surface area contributed by atoms with E-state index in [0.717, 1.165) is 25.3 Å². The molecule has 1 N–H and O–H groups in total. The Morgan fingerprint density at radius 3 is 2.48 bits per heavy atom. The van der Waals surface area contributed by atoms with Crippen LogP contribution in [0.1, 0.15) is 19.3 Å². The van der Waals surface area contributed by atoms with E-state index in [4.69, 9.17) is 9.47 Å².